The van der Waals surface area contributed by atoms with Crippen molar-refractivity contribution in [2.45, 2.75) is 32.2 Å². The first-order chi connectivity index (χ1) is 10.3. The van der Waals surface area contributed by atoms with Crippen LogP contribution in [0.2, 0.25) is 0 Å². The fraction of sp³-hybridized carbons (Fsp3) is 0.667. The monoisotopic (exact) mass is 289 g/mol. The molecule has 2 bridgehead atoms. The summed E-state index contributed by atoms with van der Waals surface area (Å²) in [7, 11) is 1.73. The van der Waals surface area contributed by atoms with Gasteiger partial charge in [-0.1, -0.05) is 18.6 Å². The molecule has 1 aromatic rings. The van der Waals surface area contributed by atoms with E-state index in [1.54, 1.807) is 7.11 Å². The SMILES string of the molecule is COCCNCc1ccc(OCC2CC3CCC2C3)cc1. The van der Waals surface area contributed by atoms with Gasteiger partial charge in [0.25, 0.3) is 0 Å². The van der Waals surface area contributed by atoms with Crippen LogP contribution >= 0.6 is 0 Å². The maximum Gasteiger partial charge on any atom is 0.119 e. The molecule has 0 radical (unpaired) electrons. The maximum absolute atomic E-state index is 6.00. The predicted octanol–water partition coefficient (Wildman–Crippen LogP) is 3.24. The molecule has 21 heavy (non-hydrogen) atoms. The van der Waals surface area contributed by atoms with E-state index in [9.17, 15) is 0 Å². The minimum Gasteiger partial charge on any atom is -0.493 e. The van der Waals surface area contributed by atoms with Crippen LogP contribution in [0.15, 0.2) is 24.3 Å². The summed E-state index contributed by atoms with van der Waals surface area (Å²) in [4.78, 5) is 0. The van der Waals surface area contributed by atoms with Gasteiger partial charge in [-0.15, -0.1) is 0 Å². The van der Waals surface area contributed by atoms with Gasteiger partial charge in [-0.2, -0.15) is 0 Å². The molecule has 116 valence electrons. The molecule has 3 nitrogen and oxygen atoms in total. The summed E-state index contributed by atoms with van der Waals surface area (Å²) >= 11 is 0. The number of nitrogens with one attached hydrogen (secondary N) is 1. The number of rotatable bonds is 8. The number of methoxy groups -OCH3 is 1. The van der Waals surface area contributed by atoms with E-state index in [0.29, 0.717) is 0 Å². The molecule has 3 rings (SSSR count). The zero-order valence-corrected chi connectivity index (χ0v) is 13.0. The Morgan fingerprint density at radius 2 is 2.00 bits per heavy atom. The highest BCUT2D eigenvalue weighted by Gasteiger charge is 2.39. The number of fused-ring (bicyclic) bond motifs is 2. The van der Waals surface area contributed by atoms with E-state index >= 15 is 0 Å². The Labute approximate surface area is 128 Å². The average Bonchev–Trinajstić information content (AvgIpc) is 3.13. The fourth-order valence-electron chi connectivity index (χ4n) is 3.89. The van der Waals surface area contributed by atoms with Crippen molar-refractivity contribution in [1.82, 2.24) is 5.32 Å². The highest BCUT2D eigenvalue weighted by Crippen LogP contribution is 2.48. The van der Waals surface area contributed by atoms with E-state index in [0.717, 1.165) is 49.8 Å². The zero-order chi connectivity index (χ0) is 14.5. The largest absolute Gasteiger partial charge is 0.493 e. The van der Waals surface area contributed by atoms with Crippen molar-refractivity contribution in [3.05, 3.63) is 29.8 Å². The van der Waals surface area contributed by atoms with E-state index in [1.807, 2.05) is 0 Å². The highest BCUT2D eigenvalue weighted by atomic mass is 16.5. The van der Waals surface area contributed by atoms with Crippen molar-refractivity contribution < 1.29 is 9.47 Å². The first kappa shape index (κ1) is 14.9. The van der Waals surface area contributed by atoms with Gasteiger partial charge in [0.2, 0.25) is 0 Å². The Morgan fingerprint density at radius 3 is 2.67 bits per heavy atom. The van der Waals surface area contributed by atoms with E-state index in [1.165, 1.54) is 31.2 Å². The first-order valence-corrected chi connectivity index (χ1v) is 8.26. The van der Waals surface area contributed by atoms with Crippen LogP contribution < -0.4 is 10.1 Å². The minimum absolute atomic E-state index is 0.755. The molecule has 2 fully saturated rings. The van der Waals surface area contributed by atoms with Gasteiger partial charge in [-0.3, -0.25) is 0 Å². The lowest BCUT2D eigenvalue weighted by atomic mass is 9.89. The van der Waals surface area contributed by atoms with Gasteiger partial charge in [0.05, 0.1) is 13.2 Å². The second kappa shape index (κ2) is 7.28. The molecule has 0 spiro atoms. The molecule has 0 saturated heterocycles. The lowest BCUT2D eigenvalue weighted by Crippen LogP contribution is -2.19. The molecule has 3 heteroatoms. The molecule has 2 saturated carbocycles. The van der Waals surface area contributed by atoms with Crippen LogP contribution in [0.1, 0.15) is 31.2 Å². The number of ether oxygens (including phenoxy) is 2. The van der Waals surface area contributed by atoms with Gasteiger partial charge < -0.3 is 14.8 Å². The standard InChI is InChI=1S/C18H27NO2/c1-20-9-8-19-12-14-3-6-18(7-4-14)21-13-17-11-15-2-5-16(17)10-15/h3-4,6-7,15-17,19H,2,5,8-13H2,1H3. The summed E-state index contributed by atoms with van der Waals surface area (Å²) in [6.07, 6.45) is 5.75. The third-order valence-electron chi connectivity index (χ3n) is 5.08. The molecule has 0 amide bonds. The van der Waals surface area contributed by atoms with Gasteiger partial charge in [-0.05, 0) is 54.7 Å². The zero-order valence-electron chi connectivity index (χ0n) is 13.0. The molecule has 0 aliphatic heterocycles. The van der Waals surface area contributed by atoms with Crippen LogP contribution in [0.4, 0.5) is 0 Å². The third kappa shape index (κ3) is 3.98. The third-order valence-corrected chi connectivity index (χ3v) is 5.08. The van der Waals surface area contributed by atoms with E-state index in [4.69, 9.17) is 9.47 Å². The van der Waals surface area contributed by atoms with Crippen molar-refractivity contribution in [3.63, 3.8) is 0 Å². The van der Waals surface area contributed by atoms with Crippen molar-refractivity contribution in [3.8, 4) is 5.75 Å². The van der Waals surface area contributed by atoms with Crippen LogP contribution in [0.5, 0.6) is 5.75 Å². The molecule has 0 aromatic heterocycles. The predicted molar refractivity (Wildman–Crippen MR) is 84.5 cm³/mol. The molecule has 3 unspecified atom stereocenters. The molecule has 3 atom stereocenters. The Bertz CT molecular complexity index is 431. The van der Waals surface area contributed by atoms with Gasteiger partial charge in [0, 0.05) is 20.2 Å². The van der Waals surface area contributed by atoms with Crippen LogP contribution in [0.25, 0.3) is 0 Å². The van der Waals surface area contributed by atoms with Crippen LogP contribution in [-0.2, 0) is 11.3 Å². The quantitative estimate of drug-likeness (QED) is 0.745. The Balaban J connectivity index is 1.40. The van der Waals surface area contributed by atoms with Gasteiger partial charge in [-0.25, -0.2) is 0 Å². The van der Waals surface area contributed by atoms with E-state index < -0.39 is 0 Å². The maximum atomic E-state index is 6.00. The van der Waals surface area contributed by atoms with Crippen LogP contribution in [-0.4, -0.2) is 26.9 Å². The van der Waals surface area contributed by atoms with Crippen molar-refractivity contribution in [1.29, 1.82) is 0 Å². The minimum atomic E-state index is 0.755. The Hall–Kier alpha value is -1.06. The summed E-state index contributed by atoms with van der Waals surface area (Å²) < 4.78 is 11.0. The van der Waals surface area contributed by atoms with Crippen molar-refractivity contribution in [2.24, 2.45) is 17.8 Å². The van der Waals surface area contributed by atoms with E-state index in [2.05, 4.69) is 29.6 Å². The van der Waals surface area contributed by atoms with Crippen LogP contribution in [0.3, 0.4) is 0 Å². The highest BCUT2D eigenvalue weighted by molar-refractivity contribution is 5.27. The molecular formula is C18H27NO2. The molecular weight excluding hydrogens is 262 g/mol. The molecule has 1 aromatic carbocycles. The average molecular weight is 289 g/mol. The lowest BCUT2D eigenvalue weighted by Gasteiger charge is -2.21. The molecule has 1 N–H and O–H groups in total. The smallest absolute Gasteiger partial charge is 0.119 e. The summed E-state index contributed by atoms with van der Waals surface area (Å²) in [6, 6.07) is 8.49. The van der Waals surface area contributed by atoms with Gasteiger partial charge in [0.1, 0.15) is 5.75 Å². The second-order valence-corrected chi connectivity index (χ2v) is 6.56. The number of benzene rings is 1. The van der Waals surface area contributed by atoms with Crippen molar-refractivity contribution in [2.75, 3.05) is 26.9 Å². The van der Waals surface area contributed by atoms with E-state index in [-0.39, 0.29) is 0 Å². The summed E-state index contributed by atoms with van der Waals surface area (Å²) in [5, 5.41) is 3.35. The van der Waals surface area contributed by atoms with Crippen LogP contribution in [0, 0.1) is 17.8 Å². The molecule has 0 heterocycles. The summed E-state index contributed by atoms with van der Waals surface area (Å²) in [5.74, 6) is 3.76. The van der Waals surface area contributed by atoms with Crippen molar-refractivity contribution >= 4 is 0 Å². The summed E-state index contributed by atoms with van der Waals surface area (Å²) in [5.41, 5.74) is 1.29. The normalized spacial score (nSPS) is 27.2. The second-order valence-electron chi connectivity index (χ2n) is 6.56. The first-order valence-electron chi connectivity index (χ1n) is 8.26. The molecule has 2 aliphatic rings. The van der Waals surface area contributed by atoms with Gasteiger partial charge >= 0.3 is 0 Å². The topological polar surface area (TPSA) is 30.5 Å². The fourth-order valence-corrected chi connectivity index (χ4v) is 3.89. The Morgan fingerprint density at radius 1 is 1.14 bits per heavy atom. The Kier molecular flexibility index (Phi) is 5.15. The van der Waals surface area contributed by atoms with Gasteiger partial charge in [0.15, 0.2) is 0 Å². The summed E-state index contributed by atoms with van der Waals surface area (Å²) in [6.45, 7) is 3.44. The number of hydrogen-bond donors (Lipinski definition) is 1. The number of hydrogen-bond acceptors (Lipinski definition) is 3. The lowest BCUT2D eigenvalue weighted by molar-refractivity contribution is 0.195. The molecule has 2 aliphatic carbocycles.